The van der Waals surface area contributed by atoms with Crippen LogP contribution in [0, 0.1) is 6.92 Å². The SMILES string of the molecule is CCCN(CC(=O)N(CCc1ccccc1)Cc1ccc(C)o1)C(=O)c1ccc2c(c1)OCO2. The predicted molar refractivity (Wildman–Crippen MR) is 128 cm³/mol. The van der Waals surface area contributed by atoms with Crippen molar-refractivity contribution in [2.45, 2.75) is 33.2 Å². The van der Waals surface area contributed by atoms with E-state index in [1.54, 1.807) is 28.0 Å². The van der Waals surface area contributed by atoms with E-state index in [1.807, 2.05) is 56.3 Å². The number of hydrogen-bond donors (Lipinski definition) is 0. The molecule has 1 aromatic heterocycles. The van der Waals surface area contributed by atoms with Gasteiger partial charge in [0.05, 0.1) is 6.54 Å². The molecule has 0 spiro atoms. The predicted octanol–water partition coefficient (Wildman–Crippen LogP) is 4.44. The van der Waals surface area contributed by atoms with Gasteiger partial charge in [-0.05, 0) is 55.7 Å². The second kappa shape index (κ2) is 10.9. The lowest BCUT2D eigenvalue weighted by atomic mass is 10.1. The van der Waals surface area contributed by atoms with E-state index < -0.39 is 0 Å². The Balaban J connectivity index is 1.48. The Labute approximate surface area is 199 Å². The van der Waals surface area contributed by atoms with Gasteiger partial charge < -0.3 is 23.7 Å². The van der Waals surface area contributed by atoms with Gasteiger partial charge in [0, 0.05) is 18.7 Å². The van der Waals surface area contributed by atoms with Crippen molar-refractivity contribution in [2.75, 3.05) is 26.4 Å². The number of fused-ring (bicyclic) bond motifs is 1. The Morgan fingerprint density at radius 3 is 2.44 bits per heavy atom. The van der Waals surface area contributed by atoms with Crippen LogP contribution in [-0.4, -0.2) is 48.0 Å². The number of carbonyl (C=O) groups excluding carboxylic acids is 2. The summed E-state index contributed by atoms with van der Waals surface area (Å²) in [5, 5.41) is 0. The molecule has 0 radical (unpaired) electrons. The summed E-state index contributed by atoms with van der Waals surface area (Å²) in [6, 6.07) is 18.9. The highest BCUT2D eigenvalue weighted by Gasteiger charge is 2.24. The van der Waals surface area contributed by atoms with Crippen molar-refractivity contribution in [1.82, 2.24) is 9.80 Å². The Morgan fingerprint density at radius 2 is 1.71 bits per heavy atom. The molecule has 0 saturated carbocycles. The van der Waals surface area contributed by atoms with Gasteiger partial charge in [0.2, 0.25) is 12.7 Å². The van der Waals surface area contributed by atoms with Crippen LogP contribution in [0.3, 0.4) is 0 Å². The zero-order valence-electron chi connectivity index (χ0n) is 19.7. The number of carbonyl (C=O) groups is 2. The van der Waals surface area contributed by atoms with Gasteiger partial charge >= 0.3 is 0 Å². The number of rotatable bonds is 10. The van der Waals surface area contributed by atoms with Gasteiger partial charge in [0.15, 0.2) is 11.5 Å². The molecule has 0 atom stereocenters. The van der Waals surface area contributed by atoms with Crippen molar-refractivity contribution in [2.24, 2.45) is 0 Å². The van der Waals surface area contributed by atoms with E-state index >= 15 is 0 Å². The Hall–Kier alpha value is -3.74. The molecule has 3 aromatic rings. The van der Waals surface area contributed by atoms with Crippen LogP contribution in [0.2, 0.25) is 0 Å². The minimum Gasteiger partial charge on any atom is -0.464 e. The van der Waals surface area contributed by atoms with E-state index in [0.717, 1.165) is 29.9 Å². The molecule has 2 amide bonds. The summed E-state index contributed by atoms with van der Waals surface area (Å²) in [6.07, 6.45) is 1.46. The smallest absolute Gasteiger partial charge is 0.254 e. The van der Waals surface area contributed by atoms with Crippen molar-refractivity contribution in [3.8, 4) is 11.5 Å². The second-order valence-corrected chi connectivity index (χ2v) is 8.36. The van der Waals surface area contributed by atoms with Crippen molar-refractivity contribution >= 4 is 11.8 Å². The van der Waals surface area contributed by atoms with Gasteiger partial charge in [-0.25, -0.2) is 0 Å². The van der Waals surface area contributed by atoms with Gasteiger partial charge in [-0.3, -0.25) is 9.59 Å². The molecule has 0 saturated heterocycles. The lowest BCUT2D eigenvalue weighted by Gasteiger charge is -2.27. The maximum absolute atomic E-state index is 13.4. The summed E-state index contributed by atoms with van der Waals surface area (Å²) < 4.78 is 16.5. The molecule has 1 aliphatic rings. The maximum atomic E-state index is 13.4. The van der Waals surface area contributed by atoms with Gasteiger partial charge in [-0.15, -0.1) is 0 Å². The van der Waals surface area contributed by atoms with E-state index in [4.69, 9.17) is 13.9 Å². The average molecular weight is 463 g/mol. The molecular weight excluding hydrogens is 432 g/mol. The fraction of sp³-hybridized carbons (Fsp3) is 0.333. The van der Waals surface area contributed by atoms with Crippen LogP contribution >= 0.6 is 0 Å². The first-order valence-electron chi connectivity index (χ1n) is 11.6. The van der Waals surface area contributed by atoms with E-state index in [2.05, 4.69) is 0 Å². The minimum atomic E-state index is -0.203. The number of amides is 2. The molecule has 0 N–H and O–H groups in total. The van der Waals surface area contributed by atoms with Crippen LogP contribution in [0.1, 0.15) is 40.8 Å². The third-order valence-electron chi connectivity index (χ3n) is 5.74. The minimum absolute atomic E-state index is 0.00437. The summed E-state index contributed by atoms with van der Waals surface area (Å²) in [5.41, 5.74) is 1.63. The van der Waals surface area contributed by atoms with Gasteiger partial charge in [-0.1, -0.05) is 37.3 Å². The summed E-state index contributed by atoms with van der Waals surface area (Å²) in [6.45, 7) is 5.38. The lowest BCUT2D eigenvalue weighted by molar-refractivity contribution is -0.132. The Bertz CT molecular complexity index is 1130. The highest BCUT2D eigenvalue weighted by molar-refractivity contribution is 5.97. The first-order chi connectivity index (χ1) is 16.5. The zero-order chi connectivity index (χ0) is 23.9. The van der Waals surface area contributed by atoms with Crippen molar-refractivity contribution < 1.29 is 23.5 Å². The largest absolute Gasteiger partial charge is 0.464 e. The number of nitrogens with zero attached hydrogens (tertiary/aromatic N) is 2. The standard InChI is InChI=1S/C27H30N2O5/c1-3-14-29(27(31)22-10-12-24-25(16-22)33-19-32-24)18-26(30)28(17-23-11-9-20(2)34-23)15-13-21-7-5-4-6-8-21/h4-12,16H,3,13-15,17-19H2,1-2H3. The van der Waals surface area contributed by atoms with E-state index in [-0.39, 0.29) is 25.2 Å². The van der Waals surface area contributed by atoms with Crippen LogP contribution in [-0.2, 0) is 17.8 Å². The Kier molecular flexibility index (Phi) is 7.52. The first-order valence-corrected chi connectivity index (χ1v) is 11.6. The van der Waals surface area contributed by atoms with Crippen LogP contribution in [0.25, 0.3) is 0 Å². The van der Waals surface area contributed by atoms with E-state index in [0.29, 0.717) is 36.7 Å². The third kappa shape index (κ3) is 5.78. The van der Waals surface area contributed by atoms with Gasteiger partial charge in [0.1, 0.15) is 18.1 Å². The highest BCUT2D eigenvalue weighted by Crippen LogP contribution is 2.32. The highest BCUT2D eigenvalue weighted by atomic mass is 16.7. The van der Waals surface area contributed by atoms with Crippen LogP contribution in [0.15, 0.2) is 65.1 Å². The summed E-state index contributed by atoms with van der Waals surface area (Å²) >= 11 is 0. The molecule has 7 nitrogen and oxygen atoms in total. The molecule has 0 fully saturated rings. The molecular formula is C27H30N2O5. The van der Waals surface area contributed by atoms with Crippen molar-refractivity contribution in [3.05, 3.63) is 83.3 Å². The van der Waals surface area contributed by atoms with Crippen molar-refractivity contribution in [3.63, 3.8) is 0 Å². The lowest BCUT2D eigenvalue weighted by Crippen LogP contribution is -2.43. The molecule has 0 aliphatic carbocycles. The van der Waals surface area contributed by atoms with Gasteiger partial charge in [-0.2, -0.15) is 0 Å². The normalized spacial score (nSPS) is 11.9. The fourth-order valence-corrected chi connectivity index (χ4v) is 3.96. The number of aryl methyl sites for hydroxylation is 1. The topological polar surface area (TPSA) is 72.2 Å². The molecule has 0 unspecified atom stereocenters. The van der Waals surface area contributed by atoms with Crippen molar-refractivity contribution in [1.29, 1.82) is 0 Å². The van der Waals surface area contributed by atoms with Crippen LogP contribution in [0.5, 0.6) is 11.5 Å². The summed E-state index contributed by atoms with van der Waals surface area (Å²) in [5.74, 6) is 2.37. The fourth-order valence-electron chi connectivity index (χ4n) is 3.96. The molecule has 1 aliphatic heterocycles. The number of hydrogen-bond acceptors (Lipinski definition) is 5. The molecule has 178 valence electrons. The summed E-state index contributed by atoms with van der Waals surface area (Å²) in [7, 11) is 0. The second-order valence-electron chi connectivity index (χ2n) is 8.36. The zero-order valence-corrected chi connectivity index (χ0v) is 19.7. The quantitative estimate of drug-likeness (QED) is 0.445. The molecule has 2 aromatic carbocycles. The van der Waals surface area contributed by atoms with Gasteiger partial charge in [0.25, 0.3) is 5.91 Å². The van der Waals surface area contributed by atoms with Crippen LogP contribution in [0.4, 0.5) is 0 Å². The third-order valence-corrected chi connectivity index (χ3v) is 5.74. The van der Waals surface area contributed by atoms with E-state index in [9.17, 15) is 9.59 Å². The number of ether oxygens (including phenoxy) is 2. The molecule has 7 heteroatoms. The molecule has 34 heavy (non-hydrogen) atoms. The molecule has 0 bridgehead atoms. The summed E-state index contributed by atoms with van der Waals surface area (Å²) in [4.78, 5) is 30.1. The first kappa shape index (κ1) is 23.4. The number of furan rings is 1. The van der Waals surface area contributed by atoms with E-state index in [1.165, 1.54) is 0 Å². The average Bonchev–Trinajstić information content (AvgIpc) is 3.49. The monoisotopic (exact) mass is 462 g/mol. The molecule has 4 rings (SSSR count). The Morgan fingerprint density at radius 1 is 0.912 bits per heavy atom. The van der Waals surface area contributed by atoms with Crippen LogP contribution < -0.4 is 9.47 Å². The number of benzene rings is 2. The molecule has 2 heterocycles. The maximum Gasteiger partial charge on any atom is 0.254 e.